The Balaban J connectivity index is 1.83. The predicted molar refractivity (Wildman–Crippen MR) is 70.5 cm³/mol. The number of aliphatic carboxylic acids is 1. The Bertz CT molecular complexity index is 420. The molecular formula is C14H20N2O2. The maximum atomic E-state index is 10.5. The predicted octanol–water partition coefficient (Wildman–Crippen LogP) is 1.24. The Morgan fingerprint density at radius 2 is 2.28 bits per heavy atom. The number of carbonyl (C=O) groups is 1. The molecule has 1 saturated heterocycles. The average Bonchev–Trinajstić information content (AvgIpc) is 2.77. The Labute approximate surface area is 108 Å². The van der Waals surface area contributed by atoms with E-state index in [1.165, 1.54) is 11.1 Å². The van der Waals surface area contributed by atoms with Crippen LogP contribution in [-0.2, 0) is 11.3 Å². The minimum Gasteiger partial charge on any atom is -0.480 e. The summed E-state index contributed by atoms with van der Waals surface area (Å²) in [6.07, 6.45) is 1.03. The fourth-order valence-corrected chi connectivity index (χ4v) is 2.40. The van der Waals surface area contributed by atoms with Crippen LogP contribution in [0.5, 0.6) is 0 Å². The van der Waals surface area contributed by atoms with Gasteiger partial charge in [0, 0.05) is 25.7 Å². The highest BCUT2D eigenvalue weighted by atomic mass is 16.4. The number of carboxylic acid groups (broad SMARTS) is 1. The molecule has 18 heavy (non-hydrogen) atoms. The summed E-state index contributed by atoms with van der Waals surface area (Å²) < 4.78 is 0. The molecule has 0 aromatic heterocycles. The third kappa shape index (κ3) is 3.55. The van der Waals surface area contributed by atoms with Crippen molar-refractivity contribution >= 4 is 5.97 Å². The van der Waals surface area contributed by atoms with Gasteiger partial charge in [0.15, 0.2) is 0 Å². The van der Waals surface area contributed by atoms with E-state index in [0.29, 0.717) is 6.04 Å². The zero-order valence-corrected chi connectivity index (χ0v) is 10.7. The summed E-state index contributed by atoms with van der Waals surface area (Å²) in [6.45, 7) is 5.11. The number of likely N-dealkylation sites (tertiary alicyclic amines) is 1. The smallest absolute Gasteiger partial charge is 0.317 e. The highest BCUT2D eigenvalue weighted by Gasteiger charge is 2.22. The van der Waals surface area contributed by atoms with Crippen molar-refractivity contribution in [3.05, 3.63) is 35.4 Å². The van der Waals surface area contributed by atoms with Crippen molar-refractivity contribution in [3.63, 3.8) is 0 Å². The van der Waals surface area contributed by atoms with E-state index in [0.717, 1.165) is 26.1 Å². The summed E-state index contributed by atoms with van der Waals surface area (Å²) in [5.74, 6) is -0.785. The first kappa shape index (κ1) is 13.1. The fraction of sp³-hybridized carbons (Fsp3) is 0.500. The highest BCUT2D eigenvalue weighted by Crippen LogP contribution is 2.15. The van der Waals surface area contributed by atoms with Gasteiger partial charge in [-0.05, 0) is 24.5 Å². The molecule has 2 rings (SSSR count). The molecule has 1 fully saturated rings. The summed E-state index contributed by atoms with van der Waals surface area (Å²) in [7, 11) is 0. The molecule has 1 aliphatic heterocycles. The monoisotopic (exact) mass is 248 g/mol. The number of rotatable bonds is 5. The number of nitrogens with zero attached hydrogens (tertiary/aromatic N) is 1. The van der Waals surface area contributed by atoms with E-state index in [-0.39, 0.29) is 6.54 Å². The molecule has 1 aromatic rings. The van der Waals surface area contributed by atoms with Crippen LogP contribution in [-0.4, -0.2) is 41.7 Å². The topological polar surface area (TPSA) is 52.6 Å². The van der Waals surface area contributed by atoms with E-state index in [1.807, 2.05) is 0 Å². The zero-order valence-electron chi connectivity index (χ0n) is 10.7. The Morgan fingerprint density at radius 3 is 3.00 bits per heavy atom. The van der Waals surface area contributed by atoms with Gasteiger partial charge in [0.2, 0.25) is 0 Å². The van der Waals surface area contributed by atoms with Gasteiger partial charge in [-0.3, -0.25) is 9.69 Å². The number of aryl methyl sites for hydroxylation is 1. The van der Waals surface area contributed by atoms with Crippen LogP contribution in [0.4, 0.5) is 0 Å². The molecule has 4 nitrogen and oxygen atoms in total. The lowest BCUT2D eigenvalue weighted by Gasteiger charge is -2.17. The standard InChI is InChI=1S/C14H20N2O2/c1-11-4-2-3-5-12(11)9-16-7-6-13(10-16)15-8-14(17)18/h2-5,13,15H,6-10H2,1H3,(H,17,18). The fourth-order valence-electron chi connectivity index (χ4n) is 2.40. The van der Waals surface area contributed by atoms with Crippen LogP contribution in [0.3, 0.4) is 0 Å². The van der Waals surface area contributed by atoms with Crippen molar-refractivity contribution in [2.24, 2.45) is 0 Å². The first-order valence-corrected chi connectivity index (χ1v) is 6.37. The van der Waals surface area contributed by atoms with Crippen molar-refractivity contribution < 1.29 is 9.90 Å². The quantitative estimate of drug-likeness (QED) is 0.823. The summed E-state index contributed by atoms with van der Waals surface area (Å²) in [6, 6.07) is 8.72. The lowest BCUT2D eigenvalue weighted by Crippen LogP contribution is -2.35. The maximum Gasteiger partial charge on any atom is 0.317 e. The molecule has 0 aliphatic carbocycles. The Morgan fingerprint density at radius 1 is 1.50 bits per heavy atom. The molecule has 2 N–H and O–H groups in total. The minimum atomic E-state index is -0.785. The molecule has 1 unspecified atom stereocenters. The molecular weight excluding hydrogens is 228 g/mol. The first-order chi connectivity index (χ1) is 8.65. The number of benzene rings is 1. The van der Waals surface area contributed by atoms with Gasteiger partial charge in [-0.1, -0.05) is 24.3 Å². The van der Waals surface area contributed by atoms with Gasteiger partial charge in [0.1, 0.15) is 0 Å². The average molecular weight is 248 g/mol. The van der Waals surface area contributed by atoms with Gasteiger partial charge in [-0.2, -0.15) is 0 Å². The highest BCUT2D eigenvalue weighted by molar-refractivity contribution is 5.69. The van der Waals surface area contributed by atoms with Crippen molar-refractivity contribution in [1.29, 1.82) is 0 Å². The van der Waals surface area contributed by atoms with Gasteiger partial charge in [0.25, 0.3) is 0 Å². The van der Waals surface area contributed by atoms with Crippen molar-refractivity contribution in [2.75, 3.05) is 19.6 Å². The van der Waals surface area contributed by atoms with E-state index < -0.39 is 5.97 Å². The maximum absolute atomic E-state index is 10.5. The molecule has 1 aliphatic rings. The van der Waals surface area contributed by atoms with Crippen LogP contribution in [0, 0.1) is 6.92 Å². The SMILES string of the molecule is Cc1ccccc1CN1CCC(NCC(=O)O)C1. The molecule has 1 heterocycles. The number of carboxylic acids is 1. The lowest BCUT2D eigenvalue weighted by molar-refractivity contribution is -0.136. The third-order valence-electron chi connectivity index (χ3n) is 3.47. The molecule has 0 saturated carbocycles. The van der Waals surface area contributed by atoms with E-state index >= 15 is 0 Å². The van der Waals surface area contributed by atoms with Crippen LogP contribution in [0.25, 0.3) is 0 Å². The van der Waals surface area contributed by atoms with E-state index in [9.17, 15) is 4.79 Å². The first-order valence-electron chi connectivity index (χ1n) is 6.37. The molecule has 0 bridgehead atoms. The molecule has 1 aromatic carbocycles. The van der Waals surface area contributed by atoms with Crippen LogP contribution < -0.4 is 5.32 Å². The van der Waals surface area contributed by atoms with Gasteiger partial charge in [-0.25, -0.2) is 0 Å². The van der Waals surface area contributed by atoms with Crippen molar-refractivity contribution in [2.45, 2.75) is 25.9 Å². The van der Waals surface area contributed by atoms with Gasteiger partial charge in [-0.15, -0.1) is 0 Å². The Hall–Kier alpha value is -1.39. The minimum absolute atomic E-state index is 0.0584. The van der Waals surface area contributed by atoms with Crippen molar-refractivity contribution in [3.8, 4) is 0 Å². The Kier molecular flexibility index (Phi) is 4.33. The number of hydrogen-bond donors (Lipinski definition) is 2. The summed E-state index contributed by atoms with van der Waals surface area (Å²) in [4.78, 5) is 12.9. The molecule has 1 atom stereocenters. The van der Waals surface area contributed by atoms with Crippen LogP contribution in [0.1, 0.15) is 17.5 Å². The third-order valence-corrected chi connectivity index (χ3v) is 3.47. The van der Waals surface area contributed by atoms with Crippen LogP contribution >= 0.6 is 0 Å². The molecule has 0 radical (unpaired) electrons. The second-order valence-electron chi connectivity index (χ2n) is 4.92. The number of hydrogen-bond acceptors (Lipinski definition) is 3. The molecule has 4 heteroatoms. The zero-order chi connectivity index (χ0) is 13.0. The van der Waals surface area contributed by atoms with E-state index in [2.05, 4.69) is 41.4 Å². The van der Waals surface area contributed by atoms with E-state index in [1.54, 1.807) is 0 Å². The molecule has 0 spiro atoms. The summed E-state index contributed by atoms with van der Waals surface area (Å²) in [5.41, 5.74) is 2.68. The molecule has 98 valence electrons. The van der Waals surface area contributed by atoms with Crippen LogP contribution in [0.15, 0.2) is 24.3 Å². The number of nitrogens with one attached hydrogen (secondary N) is 1. The second-order valence-corrected chi connectivity index (χ2v) is 4.92. The second kappa shape index (κ2) is 5.98. The van der Waals surface area contributed by atoms with Gasteiger partial charge < -0.3 is 10.4 Å². The van der Waals surface area contributed by atoms with Gasteiger partial charge >= 0.3 is 5.97 Å². The van der Waals surface area contributed by atoms with Crippen LogP contribution in [0.2, 0.25) is 0 Å². The summed E-state index contributed by atoms with van der Waals surface area (Å²) in [5, 5.41) is 11.7. The summed E-state index contributed by atoms with van der Waals surface area (Å²) >= 11 is 0. The van der Waals surface area contributed by atoms with E-state index in [4.69, 9.17) is 5.11 Å². The normalized spacial score (nSPS) is 20.2. The molecule has 0 amide bonds. The van der Waals surface area contributed by atoms with Crippen molar-refractivity contribution in [1.82, 2.24) is 10.2 Å². The van der Waals surface area contributed by atoms with Gasteiger partial charge in [0.05, 0.1) is 6.54 Å². The largest absolute Gasteiger partial charge is 0.480 e. The lowest BCUT2D eigenvalue weighted by atomic mass is 10.1.